The highest BCUT2D eigenvalue weighted by atomic mass is 19.4. The average molecular weight is 247 g/mol. The van der Waals surface area contributed by atoms with Crippen LogP contribution < -0.4 is 5.32 Å². The molecule has 0 atom stereocenters. The zero-order chi connectivity index (χ0) is 12.7. The Morgan fingerprint density at radius 3 is 2.59 bits per heavy atom. The summed E-state index contributed by atoms with van der Waals surface area (Å²) in [5, 5.41) is 3.15. The summed E-state index contributed by atoms with van der Waals surface area (Å²) in [6.07, 6.45) is -4.26. The molecule has 2 nitrogen and oxygen atoms in total. The number of benzene rings is 1. The van der Waals surface area contributed by atoms with Crippen LogP contribution in [0.4, 0.5) is 13.2 Å². The van der Waals surface area contributed by atoms with Gasteiger partial charge >= 0.3 is 6.18 Å². The highest BCUT2D eigenvalue weighted by molar-refractivity contribution is 5.22. The minimum absolute atomic E-state index is 0.0144. The number of rotatable bonds is 6. The van der Waals surface area contributed by atoms with Crippen LogP contribution in [0.1, 0.15) is 18.1 Å². The van der Waals surface area contributed by atoms with Crippen molar-refractivity contribution >= 4 is 0 Å². The number of hydrogen-bond donors (Lipinski definition) is 1. The molecule has 0 saturated carbocycles. The lowest BCUT2D eigenvalue weighted by molar-refractivity contribution is -0.176. The first-order valence-electron chi connectivity index (χ1n) is 5.44. The molecule has 0 saturated heterocycles. The van der Waals surface area contributed by atoms with Gasteiger partial charge in [-0.1, -0.05) is 31.2 Å². The van der Waals surface area contributed by atoms with Crippen molar-refractivity contribution in [3.05, 3.63) is 35.4 Å². The van der Waals surface area contributed by atoms with Crippen LogP contribution >= 0.6 is 0 Å². The Morgan fingerprint density at radius 1 is 1.24 bits per heavy atom. The van der Waals surface area contributed by atoms with Crippen molar-refractivity contribution in [1.82, 2.24) is 5.32 Å². The highest BCUT2D eigenvalue weighted by Crippen LogP contribution is 2.16. The summed E-state index contributed by atoms with van der Waals surface area (Å²) in [5.74, 6) is 0. The maximum absolute atomic E-state index is 11.9. The molecule has 0 unspecified atom stereocenters. The minimum Gasteiger partial charge on any atom is -0.367 e. The minimum atomic E-state index is -4.26. The standard InChI is InChI=1S/C12H16F3NO/c1-2-16-7-10-4-3-5-11(6-10)8-17-9-12(13,14)15/h3-6,16H,2,7-9H2,1H3. The molecule has 96 valence electrons. The predicted octanol–water partition coefficient (Wildman–Crippen LogP) is 2.88. The predicted molar refractivity (Wildman–Crippen MR) is 59.5 cm³/mol. The van der Waals surface area contributed by atoms with Crippen molar-refractivity contribution in [1.29, 1.82) is 0 Å². The van der Waals surface area contributed by atoms with Gasteiger partial charge in [0.2, 0.25) is 0 Å². The van der Waals surface area contributed by atoms with Crippen molar-refractivity contribution in [3.8, 4) is 0 Å². The number of hydrogen-bond acceptors (Lipinski definition) is 2. The van der Waals surface area contributed by atoms with Gasteiger partial charge in [-0.15, -0.1) is 0 Å². The van der Waals surface area contributed by atoms with Crippen molar-refractivity contribution in [2.24, 2.45) is 0 Å². The van der Waals surface area contributed by atoms with E-state index >= 15 is 0 Å². The molecule has 0 aliphatic carbocycles. The molecule has 1 N–H and O–H groups in total. The lowest BCUT2D eigenvalue weighted by Crippen LogP contribution is -2.16. The van der Waals surface area contributed by atoms with E-state index in [1.54, 1.807) is 6.07 Å². The lowest BCUT2D eigenvalue weighted by atomic mass is 10.1. The summed E-state index contributed by atoms with van der Waals surface area (Å²) in [5.41, 5.74) is 1.80. The van der Waals surface area contributed by atoms with E-state index in [-0.39, 0.29) is 6.61 Å². The number of alkyl halides is 3. The third-order valence-electron chi connectivity index (χ3n) is 2.10. The van der Waals surface area contributed by atoms with Crippen LogP contribution in [0.5, 0.6) is 0 Å². The Balaban J connectivity index is 2.43. The molecule has 17 heavy (non-hydrogen) atoms. The second-order valence-corrected chi connectivity index (χ2v) is 3.71. The monoisotopic (exact) mass is 247 g/mol. The SMILES string of the molecule is CCNCc1cccc(COCC(F)(F)F)c1. The molecule has 0 aliphatic heterocycles. The number of nitrogens with one attached hydrogen (secondary N) is 1. The van der Waals surface area contributed by atoms with Gasteiger partial charge in [0.1, 0.15) is 6.61 Å². The summed E-state index contributed by atoms with van der Waals surface area (Å²) in [7, 11) is 0. The van der Waals surface area contributed by atoms with Crippen LogP contribution in [0.2, 0.25) is 0 Å². The van der Waals surface area contributed by atoms with Gasteiger partial charge in [-0.2, -0.15) is 13.2 Å². The zero-order valence-electron chi connectivity index (χ0n) is 9.68. The van der Waals surface area contributed by atoms with Crippen LogP contribution in [0.15, 0.2) is 24.3 Å². The molecule has 0 heterocycles. The van der Waals surface area contributed by atoms with E-state index in [9.17, 15) is 13.2 Å². The molecular weight excluding hydrogens is 231 g/mol. The zero-order valence-corrected chi connectivity index (χ0v) is 9.68. The maximum Gasteiger partial charge on any atom is 0.411 e. The van der Waals surface area contributed by atoms with E-state index in [1.165, 1.54) is 0 Å². The maximum atomic E-state index is 11.9. The first-order valence-corrected chi connectivity index (χ1v) is 5.44. The van der Waals surface area contributed by atoms with Gasteiger partial charge in [0.05, 0.1) is 6.61 Å². The molecule has 0 aromatic heterocycles. The van der Waals surface area contributed by atoms with E-state index < -0.39 is 12.8 Å². The van der Waals surface area contributed by atoms with Crippen LogP contribution in [0.25, 0.3) is 0 Å². The first-order chi connectivity index (χ1) is 8.01. The Kier molecular flexibility index (Phi) is 5.44. The Morgan fingerprint density at radius 2 is 1.94 bits per heavy atom. The van der Waals surface area contributed by atoms with Crippen molar-refractivity contribution < 1.29 is 17.9 Å². The summed E-state index contributed by atoms with van der Waals surface area (Å²) >= 11 is 0. The average Bonchev–Trinajstić information content (AvgIpc) is 2.25. The Hall–Kier alpha value is -1.07. The normalized spacial score (nSPS) is 11.8. The molecule has 1 aromatic carbocycles. The summed E-state index contributed by atoms with van der Waals surface area (Å²) < 4.78 is 40.2. The van der Waals surface area contributed by atoms with Crippen molar-refractivity contribution in [3.63, 3.8) is 0 Å². The molecule has 1 aromatic rings. The number of halogens is 3. The molecule has 0 fully saturated rings. The van der Waals surface area contributed by atoms with Gasteiger partial charge < -0.3 is 10.1 Å². The largest absolute Gasteiger partial charge is 0.411 e. The fourth-order valence-electron chi connectivity index (χ4n) is 1.38. The molecule has 0 amide bonds. The van der Waals surface area contributed by atoms with E-state index in [1.807, 2.05) is 25.1 Å². The third-order valence-corrected chi connectivity index (χ3v) is 2.10. The molecular formula is C12H16F3NO. The molecule has 1 rings (SSSR count). The molecule has 0 spiro atoms. The smallest absolute Gasteiger partial charge is 0.367 e. The third kappa shape index (κ3) is 6.28. The van der Waals surface area contributed by atoms with Gasteiger partial charge in [0, 0.05) is 6.54 Å². The molecule has 0 bridgehead atoms. The molecule has 0 radical (unpaired) electrons. The van der Waals surface area contributed by atoms with E-state index in [4.69, 9.17) is 0 Å². The summed E-state index contributed by atoms with van der Waals surface area (Å²) in [6.45, 7) is 2.35. The van der Waals surface area contributed by atoms with E-state index in [0.717, 1.165) is 17.7 Å². The summed E-state index contributed by atoms with van der Waals surface area (Å²) in [4.78, 5) is 0. The van der Waals surface area contributed by atoms with Gasteiger partial charge in [-0.25, -0.2) is 0 Å². The van der Waals surface area contributed by atoms with Crippen LogP contribution in [0, 0.1) is 0 Å². The van der Waals surface area contributed by atoms with Gasteiger partial charge in [-0.3, -0.25) is 0 Å². The Bertz CT molecular complexity index is 339. The Labute approximate surface area is 98.8 Å². The first kappa shape index (κ1) is 14.0. The highest BCUT2D eigenvalue weighted by Gasteiger charge is 2.27. The van der Waals surface area contributed by atoms with Crippen molar-refractivity contribution in [2.45, 2.75) is 26.3 Å². The molecule has 0 aliphatic rings. The van der Waals surface area contributed by atoms with Crippen LogP contribution in [-0.2, 0) is 17.9 Å². The quantitative estimate of drug-likeness (QED) is 0.834. The topological polar surface area (TPSA) is 21.3 Å². The fourth-order valence-corrected chi connectivity index (χ4v) is 1.38. The number of ether oxygens (including phenoxy) is 1. The van der Waals surface area contributed by atoms with Crippen LogP contribution in [0.3, 0.4) is 0 Å². The van der Waals surface area contributed by atoms with Crippen molar-refractivity contribution in [2.75, 3.05) is 13.2 Å². The second-order valence-electron chi connectivity index (χ2n) is 3.71. The van der Waals surface area contributed by atoms with Gasteiger partial charge in [-0.05, 0) is 17.7 Å². The lowest BCUT2D eigenvalue weighted by Gasteiger charge is -2.09. The van der Waals surface area contributed by atoms with Crippen LogP contribution in [-0.4, -0.2) is 19.3 Å². The van der Waals surface area contributed by atoms with E-state index in [2.05, 4.69) is 10.1 Å². The fraction of sp³-hybridized carbons (Fsp3) is 0.500. The van der Waals surface area contributed by atoms with Gasteiger partial charge in [0.15, 0.2) is 0 Å². The summed E-state index contributed by atoms with van der Waals surface area (Å²) in [6, 6.07) is 7.35. The van der Waals surface area contributed by atoms with Gasteiger partial charge in [0.25, 0.3) is 0 Å². The second kappa shape index (κ2) is 6.61. The van der Waals surface area contributed by atoms with E-state index in [0.29, 0.717) is 6.54 Å². The molecule has 5 heteroatoms.